The van der Waals surface area contributed by atoms with Crippen molar-refractivity contribution in [2.75, 3.05) is 13.2 Å². The highest BCUT2D eigenvalue weighted by Crippen LogP contribution is 2.34. The lowest BCUT2D eigenvalue weighted by atomic mass is 9.84. The van der Waals surface area contributed by atoms with Crippen molar-refractivity contribution in [3.8, 4) is 0 Å². The molecule has 0 saturated carbocycles. The molecule has 0 spiro atoms. The molecule has 0 aromatic carbocycles. The van der Waals surface area contributed by atoms with E-state index in [1.165, 1.54) is 0 Å². The highest BCUT2D eigenvalue weighted by Gasteiger charge is 2.42. The number of ether oxygens (including phenoxy) is 2. The van der Waals surface area contributed by atoms with Crippen molar-refractivity contribution in [3.63, 3.8) is 0 Å². The fraction of sp³-hybridized carbons (Fsp3) is 0.900. The van der Waals surface area contributed by atoms with E-state index in [1.807, 2.05) is 0 Å². The summed E-state index contributed by atoms with van der Waals surface area (Å²) in [6, 6.07) is 0. The molecule has 10 heteroatoms. The molecule has 0 aliphatic rings. The van der Waals surface area contributed by atoms with Crippen LogP contribution in [-0.4, -0.2) is 37.5 Å². The third kappa shape index (κ3) is 14.5. The first-order chi connectivity index (χ1) is 13.2. The average molecular weight is 450 g/mol. The Morgan fingerprint density at radius 1 is 0.633 bits per heavy atom. The van der Waals surface area contributed by atoms with Gasteiger partial charge >= 0.3 is 24.3 Å². The van der Waals surface area contributed by atoms with Gasteiger partial charge in [-0.05, 0) is 23.7 Å². The Labute approximate surface area is 173 Å². The number of hydrogen-bond acceptors (Lipinski definition) is 4. The molecule has 0 heterocycles. The fourth-order valence-corrected chi connectivity index (χ4v) is 2.39. The Balaban J connectivity index is 5.70. The van der Waals surface area contributed by atoms with Crippen molar-refractivity contribution in [1.29, 1.82) is 0 Å². The maximum absolute atomic E-state index is 12.8. The summed E-state index contributed by atoms with van der Waals surface area (Å²) in [4.78, 5) is 25.0. The van der Waals surface area contributed by atoms with E-state index in [0.29, 0.717) is 0 Å². The highest BCUT2D eigenvalue weighted by atomic mass is 19.4. The van der Waals surface area contributed by atoms with Crippen molar-refractivity contribution in [3.05, 3.63) is 0 Å². The molecule has 0 fully saturated rings. The highest BCUT2D eigenvalue weighted by molar-refractivity contribution is 5.82. The van der Waals surface area contributed by atoms with E-state index < -0.39 is 72.6 Å². The van der Waals surface area contributed by atoms with Crippen LogP contribution in [0.2, 0.25) is 0 Å². The van der Waals surface area contributed by atoms with Crippen LogP contribution in [0.4, 0.5) is 26.3 Å². The van der Waals surface area contributed by atoms with Gasteiger partial charge in [0.2, 0.25) is 0 Å². The van der Waals surface area contributed by atoms with Crippen molar-refractivity contribution in [1.82, 2.24) is 0 Å². The van der Waals surface area contributed by atoms with Gasteiger partial charge in [-0.1, -0.05) is 41.5 Å². The van der Waals surface area contributed by atoms with E-state index in [-0.39, 0.29) is 13.2 Å². The molecule has 0 saturated heterocycles. The summed E-state index contributed by atoms with van der Waals surface area (Å²) < 4.78 is 86.6. The largest absolute Gasteiger partial charge is 0.465 e. The smallest absolute Gasteiger partial charge is 0.389 e. The normalized spacial score (nSPS) is 15.5. The van der Waals surface area contributed by atoms with Crippen LogP contribution in [0.5, 0.6) is 0 Å². The van der Waals surface area contributed by atoms with Gasteiger partial charge in [-0.3, -0.25) is 9.59 Å². The number of esters is 2. The Morgan fingerprint density at radius 3 is 1.10 bits per heavy atom. The van der Waals surface area contributed by atoms with Gasteiger partial charge in [0, 0.05) is 12.8 Å². The Hall–Kier alpha value is -1.48. The Kier molecular flexibility index (Phi) is 10.2. The van der Waals surface area contributed by atoms with Crippen LogP contribution < -0.4 is 0 Å². The zero-order valence-electron chi connectivity index (χ0n) is 18.3. The molecule has 2 unspecified atom stereocenters. The quantitative estimate of drug-likeness (QED) is 0.315. The molecule has 0 bridgehead atoms. The predicted molar refractivity (Wildman–Crippen MR) is 98.4 cm³/mol. The summed E-state index contributed by atoms with van der Waals surface area (Å²) in [7, 11) is 0. The van der Waals surface area contributed by atoms with Gasteiger partial charge in [-0.2, -0.15) is 26.3 Å². The third-order valence-electron chi connectivity index (χ3n) is 3.86. The van der Waals surface area contributed by atoms with Crippen LogP contribution in [0.25, 0.3) is 0 Å². The molecule has 0 aliphatic carbocycles. The second-order valence-corrected chi connectivity index (χ2v) is 9.86. The van der Waals surface area contributed by atoms with E-state index in [0.717, 1.165) is 0 Å². The SMILES string of the molecule is CC(C)(C)COC(=O)C(CCC(F)(F)F)C(CCC(F)(F)F)C(=O)OCC(C)(C)C. The van der Waals surface area contributed by atoms with E-state index in [1.54, 1.807) is 41.5 Å². The minimum Gasteiger partial charge on any atom is -0.465 e. The van der Waals surface area contributed by atoms with Gasteiger partial charge < -0.3 is 9.47 Å². The first-order valence-electron chi connectivity index (χ1n) is 9.67. The molecule has 0 aromatic heterocycles. The van der Waals surface area contributed by atoms with Gasteiger partial charge in [0.1, 0.15) is 0 Å². The summed E-state index contributed by atoms with van der Waals surface area (Å²) in [6.45, 7) is 9.96. The second-order valence-electron chi connectivity index (χ2n) is 9.86. The Bertz CT molecular complexity index is 506. The van der Waals surface area contributed by atoms with Gasteiger partial charge in [0.25, 0.3) is 0 Å². The van der Waals surface area contributed by atoms with Crippen molar-refractivity contribution < 1.29 is 45.4 Å². The molecule has 0 radical (unpaired) electrons. The lowest BCUT2D eigenvalue weighted by Crippen LogP contribution is -2.36. The molecule has 0 amide bonds. The standard InChI is InChI=1S/C20H32F6O4/c1-17(2,3)11-29-15(27)13(7-9-19(21,22)23)14(8-10-20(24,25)26)16(28)30-12-18(4,5)6/h13-14H,7-12H2,1-6H3. The van der Waals surface area contributed by atoms with Gasteiger partial charge in [-0.25, -0.2) is 0 Å². The Morgan fingerprint density at radius 2 is 0.900 bits per heavy atom. The van der Waals surface area contributed by atoms with Crippen LogP contribution in [0.15, 0.2) is 0 Å². The molecular formula is C20H32F6O4. The molecule has 30 heavy (non-hydrogen) atoms. The molecular weight excluding hydrogens is 418 g/mol. The van der Waals surface area contributed by atoms with Crippen LogP contribution >= 0.6 is 0 Å². The van der Waals surface area contributed by atoms with Gasteiger partial charge in [0.15, 0.2) is 0 Å². The summed E-state index contributed by atoms with van der Waals surface area (Å²) >= 11 is 0. The van der Waals surface area contributed by atoms with Crippen LogP contribution in [0, 0.1) is 22.7 Å². The average Bonchev–Trinajstić information content (AvgIpc) is 2.50. The summed E-state index contributed by atoms with van der Waals surface area (Å²) in [5, 5.41) is 0. The lowest BCUT2D eigenvalue weighted by molar-refractivity contribution is -0.172. The summed E-state index contributed by atoms with van der Waals surface area (Å²) in [5.74, 6) is -5.64. The number of rotatable bonds is 9. The van der Waals surface area contributed by atoms with Crippen LogP contribution in [0.1, 0.15) is 67.2 Å². The number of carbonyl (C=O) groups excluding carboxylic acids is 2. The molecule has 0 aliphatic heterocycles. The zero-order chi connectivity index (χ0) is 24.0. The summed E-state index contributed by atoms with van der Waals surface area (Å²) in [5.41, 5.74) is -1.03. The van der Waals surface area contributed by atoms with Gasteiger partial charge in [-0.15, -0.1) is 0 Å². The first-order valence-corrected chi connectivity index (χ1v) is 9.67. The van der Waals surface area contributed by atoms with Crippen molar-refractivity contribution in [2.24, 2.45) is 22.7 Å². The molecule has 0 N–H and O–H groups in total. The molecule has 2 atom stereocenters. The minimum absolute atomic E-state index is 0.155. The maximum atomic E-state index is 12.8. The van der Waals surface area contributed by atoms with E-state index in [2.05, 4.69) is 0 Å². The third-order valence-corrected chi connectivity index (χ3v) is 3.86. The monoisotopic (exact) mass is 450 g/mol. The van der Waals surface area contributed by atoms with E-state index in [4.69, 9.17) is 9.47 Å². The number of halogens is 6. The summed E-state index contributed by atoms with van der Waals surface area (Å²) in [6.07, 6.45) is -13.9. The fourth-order valence-electron chi connectivity index (χ4n) is 2.39. The predicted octanol–water partition coefficient (Wildman–Crippen LogP) is 6.08. The van der Waals surface area contributed by atoms with Crippen molar-refractivity contribution in [2.45, 2.75) is 79.6 Å². The van der Waals surface area contributed by atoms with Crippen LogP contribution in [-0.2, 0) is 19.1 Å². The van der Waals surface area contributed by atoms with E-state index in [9.17, 15) is 35.9 Å². The first kappa shape index (κ1) is 28.5. The van der Waals surface area contributed by atoms with Crippen molar-refractivity contribution >= 4 is 11.9 Å². The topological polar surface area (TPSA) is 52.6 Å². The molecule has 4 nitrogen and oxygen atoms in total. The van der Waals surface area contributed by atoms with Crippen LogP contribution in [0.3, 0.4) is 0 Å². The number of alkyl halides is 6. The molecule has 178 valence electrons. The maximum Gasteiger partial charge on any atom is 0.389 e. The number of carbonyl (C=O) groups is 2. The van der Waals surface area contributed by atoms with Gasteiger partial charge in [0.05, 0.1) is 25.0 Å². The number of hydrogen-bond donors (Lipinski definition) is 0. The van der Waals surface area contributed by atoms with E-state index >= 15 is 0 Å². The molecule has 0 rings (SSSR count). The lowest BCUT2D eigenvalue weighted by Gasteiger charge is -2.28. The molecule has 0 aromatic rings. The minimum atomic E-state index is -4.65. The second kappa shape index (κ2) is 10.7. The zero-order valence-corrected chi connectivity index (χ0v) is 18.3.